The molecule has 0 saturated heterocycles. The van der Waals surface area contributed by atoms with Crippen molar-refractivity contribution in [2.24, 2.45) is 0 Å². The van der Waals surface area contributed by atoms with Crippen molar-refractivity contribution >= 4 is 0 Å². The number of aromatic nitrogens is 1. The summed E-state index contributed by atoms with van der Waals surface area (Å²) in [6, 6.07) is 0. The molecule has 0 atom stereocenters. The summed E-state index contributed by atoms with van der Waals surface area (Å²) in [5.41, 5.74) is 1.10. The van der Waals surface area contributed by atoms with Crippen LogP contribution in [0.2, 0.25) is 0 Å². The summed E-state index contributed by atoms with van der Waals surface area (Å²) < 4.78 is 5.41. The van der Waals surface area contributed by atoms with Crippen LogP contribution in [0.15, 0.2) is 10.8 Å². The molecule has 1 aliphatic carbocycles. The second-order valence-electron chi connectivity index (χ2n) is 3.57. The van der Waals surface area contributed by atoms with Crippen LogP contribution in [0.1, 0.15) is 43.6 Å². The number of hydrogen-bond acceptors (Lipinski definition) is 3. The molecule has 1 heterocycles. The molecule has 1 aromatic rings. The first-order valence-electron chi connectivity index (χ1n) is 5.04. The topological polar surface area (TPSA) is 38.1 Å². The van der Waals surface area contributed by atoms with E-state index in [0.29, 0.717) is 5.92 Å². The van der Waals surface area contributed by atoms with Gasteiger partial charge >= 0.3 is 0 Å². The van der Waals surface area contributed by atoms with Gasteiger partial charge < -0.3 is 9.73 Å². The molecular weight excluding hydrogens is 164 g/mol. The summed E-state index contributed by atoms with van der Waals surface area (Å²) in [4.78, 5) is 4.23. The van der Waals surface area contributed by atoms with Crippen molar-refractivity contribution in [1.82, 2.24) is 10.3 Å². The maximum atomic E-state index is 5.41. The van der Waals surface area contributed by atoms with Gasteiger partial charge in [-0.25, -0.2) is 4.98 Å². The van der Waals surface area contributed by atoms with E-state index in [-0.39, 0.29) is 0 Å². The first-order valence-corrected chi connectivity index (χ1v) is 5.04. The van der Waals surface area contributed by atoms with Gasteiger partial charge in [0.15, 0.2) is 6.39 Å². The molecule has 0 aliphatic heterocycles. The molecule has 1 fully saturated rings. The number of rotatable bonds is 4. The van der Waals surface area contributed by atoms with Crippen molar-refractivity contribution in [1.29, 1.82) is 0 Å². The van der Waals surface area contributed by atoms with Gasteiger partial charge in [0, 0.05) is 12.5 Å². The lowest BCUT2D eigenvalue weighted by Gasteiger charge is -2.23. The van der Waals surface area contributed by atoms with Crippen molar-refractivity contribution in [3.05, 3.63) is 17.8 Å². The van der Waals surface area contributed by atoms with E-state index in [9.17, 15) is 0 Å². The van der Waals surface area contributed by atoms with E-state index in [1.165, 1.54) is 19.3 Å². The third kappa shape index (κ3) is 1.75. The first kappa shape index (κ1) is 8.75. The summed E-state index contributed by atoms with van der Waals surface area (Å²) in [7, 11) is 0. The van der Waals surface area contributed by atoms with Crippen LogP contribution >= 0.6 is 0 Å². The zero-order valence-corrected chi connectivity index (χ0v) is 8.05. The third-order valence-electron chi connectivity index (χ3n) is 2.69. The van der Waals surface area contributed by atoms with Crippen molar-refractivity contribution in [2.45, 2.75) is 38.6 Å². The van der Waals surface area contributed by atoms with Crippen LogP contribution < -0.4 is 5.32 Å². The van der Waals surface area contributed by atoms with Gasteiger partial charge in [0.05, 0.1) is 5.69 Å². The fourth-order valence-corrected chi connectivity index (χ4v) is 1.66. The molecule has 0 aromatic carbocycles. The number of nitrogens with zero attached hydrogens (tertiary/aromatic N) is 1. The van der Waals surface area contributed by atoms with E-state index in [1.807, 2.05) is 0 Å². The zero-order valence-electron chi connectivity index (χ0n) is 8.05. The molecule has 1 N–H and O–H groups in total. The number of oxazole rings is 1. The highest BCUT2D eigenvalue weighted by Crippen LogP contribution is 2.37. The predicted molar refractivity (Wildman–Crippen MR) is 50.5 cm³/mol. The highest BCUT2D eigenvalue weighted by atomic mass is 16.3. The second kappa shape index (κ2) is 3.92. The highest BCUT2D eigenvalue weighted by molar-refractivity contribution is 5.14. The van der Waals surface area contributed by atoms with Crippen LogP contribution in [0.5, 0.6) is 0 Å². The van der Waals surface area contributed by atoms with E-state index in [1.54, 1.807) is 6.39 Å². The van der Waals surface area contributed by atoms with Gasteiger partial charge in [0.2, 0.25) is 0 Å². The average Bonchev–Trinajstić information content (AvgIpc) is 2.46. The molecular formula is C10H16N2O. The number of hydrogen-bond donors (Lipinski definition) is 1. The SMILES string of the molecule is CCNCc1ncoc1C1CCC1. The molecule has 1 aliphatic rings. The van der Waals surface area contributed by atoms with Crippen LogP contribution in [0.4, 0.5) is 0 Å². The molecule has 0 unspecified atom stereocenters. The number of nitrogens with one attached hydrogen (secondary N) is 1. The summed E-state index contributed by atoms with van der Waals surface area (Å²) in [6.07, 6.45) is 5.45. The minimum Gasteiger partial charge on any atom is -0.448 e. The molecule has 13 heavy (non-hydrogen) atoms. The van der Waals surface area contributed by atoms with Crippen LogP contribution in [0.25, 0.3) is 0 Å². The lowest BCUT2D eigenvalue weighted by atomic mass is 9.83. The summed E-state index contributed by atoms with van der Waals surface area (Å²) in [5, 5.41) is 3.27. The molecule has 0 amide bonds. The summed E-state index contributed by atoms with van der Waals surface area (Å²) in [6.45, 7) is 3.93. The molecule has 0 bridgehead atoms. The van der Waals surface area contributed by atoms with Gasteiger partial charge in [-0.05, 0) is 19.4 Å². The molecule has 72 valence electrons. The quantitative estimate of drug-likeness (QED) is 0.770. The lowest BCUT2D eigenvalue weighted by molar-refractivity contribution is 0.342. The summed E-state index contributed by atoms with van der Waals surface area (Å²) in [5.74, 6) is 1.77. The van der Waals surface area contributed by atoms with Crippen LogP contribution in [0, 0.1) is 0 Å². The second-order valence-corrected chi connectivity index (χ2v) is 3.57. The largest absolute Gasteiger partial charge is 0.448 e. The van der Waals surface area contributed by atoms with Crippen molar-refractivity contribution < 1.29 is 4.42 Å². The lowest BCUT2D eigenvalue weighted by Crippen LogP contribution is -2.16. The molecule has 3 heteroatoms. The predicted octanol–water partition coefficient (Wildman–Crippen LogP) is 2.05. The minimum atomic E-state index is 0.649. The first-order chi connectivity index (χ1) is 6.42. The molecule has 0 radical (unpaired) electrons. The molecule has 1 saturated carbocycles. The van der Waals surface area contributed by atoms with E-state index in [0.717, 1.165) is 24.5 Å². The van der Waals surface area contributed by atoms with E-state index in [4.69, 9.17) is 4.42 Å². The molecule has 3 nitrogen and oxygen atoms in total. The Labute approximate surface area is 78.5 Å². The Hall–Kier alpha value is -0.830. The van der Waals surface area contributed by atoms with Gasteiger partial charge in [-0.15, -0.1) is 0 Å². The Kier molecular flexibility index (Phi) is 2.64. The Bertz CT molecular complexity index is 266. The van der Waals surface area contributed by atoms with Crippen molar-refractivity contribution in [3.8, 4) is 0 Å². The monoisotopic (exact) mass is 180 g/mol. The Morgan fingerprint density at radius 2 is 2.46 bits per heavy atom. The van der Waals surface area contributed by atoms with Gasteiger partial charge in [-0.2, -0.15) is 0 Å². The molecule has 0 spiro atoms. The van der Waals surface area contributed by atoms with Crippen molar-refractivity contribution in [2.75, 3.05) is 6.54 Å². The third-order valence-corrected chi connectivity index (χ3v) is 2.69. The standard InChI is InChI=1S/C10H16N2O/c1-2-11-6-9-10(13-7-12-9)8-4-3-5-8/h7-8,11H,2-6H2,1H3. The Morgan fingerprint density at radius 1 is 1.62 bits per heavy atom. The maximum absolute atomic E-state index is 5.41. The highest BCUT2D eigenvalue weighted by Gasteiger charge is 2.25. The van der Waals surface area contributed by atoms with Crippen LogP contribution in [-0.4, -0.2) is 11.5 Å². The van der Waals surface area contributed by atoms with Crippen LogP contribution in [0.3, 0.4) is 0 Å². The van der Waals surface area contributed by atoms with Gasteiger partial charge in [-0.3, -0.25) is 0 Å². The minimum absolute atomic E-state index is 0.649. The van der Waals surface area contributed by atoms with E-state index in [2.05, 4.69) is 17.2 Å². The fraction of sp³-hybridized carbons (Fsp3) is 0.700. The normalized spacial score (nSPS) is 17.3. The van der Waals surface area contributed by atoms with Crippen LogP contribution in [-0.2, 0) is 6.54 Å². The Balaban J connectivity index is 2.02. The average molecular weight is 180 g/mol. The zero-order chi connectivity index (χ0) is 9.10. The smallest absolute Gasteiger partial charge is 0.181 e. The molecule has 2 rings (SSSR count). The van der Waals surface area contributed by atoms with Crippen molar-refractivity contribution in [3.63, 3.8) is 0 Å². The van der Waals surface area contributed by atoms with E-state index < -0.39 is 0 Å². The van der Waals surface area contributed by atoms with Gasteiger partial charge in [0.1, 0.15) is 5.76 Å². The van der Waals surface area contributed by atoms with Gasteiger partial charge in [0.25, 0.3) is 0 Å². The molecule has 1 aromatic heterocycles. The summed E-state index contributed by atoms with van der Waals surface area (Å²) >= 11 is 0. The van der Waals surface area contributed by atoms with Gasteiger partial charge in [-0.1, -0.05) is 13.3 Å². The Morgan fingerprint density at radius 3 is 3.08 bits per heavy atom. The van der Waals surface area contributed by atoms with E-state index >= 15 is 0 Å². The fourth-order valence-electron chi connectivity index (χ4n) is 1.66. The maximum Gasteiger partial charge on any atom is 0.181 e.